The highest BCUT2D eigenvalue weighted by atomic mass is 32.2. The average molecular weight is 346 g/mol. The van der Waals surface area contributed by atoms with Crippen LogP contribution in [-0.2, 0) is 10.0 Å². The first kappa shape index (κ1) is 19.5. The number of hydrogen-bond donors (Lipinski definition) is 4. The zero-order chi connectivity index (χ0) is 17.7. The third-order valence-electron chi connectivity index (χ3n) is 2.92. The average Bonchev–Trinajstić information content (AvgIpc) is 2.45. The molecule has 7 nitrogen and oxygen atoms in total. The summed E-state index contributed by atoms with van der Waals surface area (Å²) in [6.45, 7) is 7.90. The van der Waals surface area contributed by atoms with Crippen LogP contribution in [0.1, 0.15) is 27.7 Å². The van der Waals surface area contributed by atoms with Crippen LogP contribution in [0, 0.1) is 0 Å². The smallest absolute Gasteiger partial charge is 0.232 e. The molecule has 4 N–H and O–H groups in total. The van der Waals surface area contributed by atoms with E-state index in [-0.39, 0.29) is 29.3 Å². The number of anilines is 1. The van der Waals surface area contributed by atoms with Gasteiger partial charge in [-0.2, -0.15) is 0 Å². The number of sulfonamides is 1. The summed E-state index contributed by atoms with van der Waals surface area (Å²) in [4.78, 5) is 0. The van der Waals surface area contributed by atoms with Gasteiger partial charge in [-0.15, -0.1) is 0 Å². The van der Waals surface area contributed by atoms with E-state index in [1.54, 1.807) is 0 Å². The maximum absolute atomic E-state index is 11.6. The van der Waals surface area contributed by atoms with Gasteiger partial charge in [0.05, 0.1) is 11.4 Å². The quantitative estimate of drug-likeness (QED) is 0.528. The standard InChI is InChI=1S/C15H26N2O5S/c1-5-23(20,21)17-13-8-12(6-7-14(13)19)22-10-11(18)9-16-15(2,3)4/h6-8,11,16-19H,5,9-10H2,1-4H3. The first-order valence-corrected chi connectivity index (χ1v) is 9.07. The fraction of sp³-hybridized carbons (Fsp3) is 0.600. The zero-order valence-corrected chi connectivity index (χ0v) is 14.8. The van der Waals surface area contributed by atoms with Crippen LogP contribution < -0.4 is 14.8 Å². The van der Waals surface area contributed by atoms with Gasteiger partial charge in [-0.3, -0.25) is 4.72 Å². The van der Waals surface area contributed by atoms with E-state index in [4.69, 9.17) is 4.74 Å². The molecule has 23 heavy (non-hydrogen) atoms. The Bertz CT molecular complexity index is 611. The zero-order valence-electron chi connectivity index (χ0n) is 14.0. The molecule has 1 aromatic rings. The normalized spacial score (nSPS) is 13.6. The molecule has 0 amide bonds. The topological polar surface area (TPSA) is 108 Å². The number of aromatic hydroxyl groups is 1. The van der Waals surface area contributed by atoms with Crippen LogP contribution >= 0.6 is 0 Å². The van der Waals surface area contributed by atoms with Crippen molar-refractivity contribution >= 4 is 15.7 Å². The van der Waals surface area contributed by atoms with E-state index in [2.05, 4.69) is 10.0 Å². The lowest BCUT2D eigenvalue weighted by atomic mass is 10.1. The van der Waals surface area contributed by atoms with Crippen molar-refractivity contribution in [2.45, 2.75) is 39.3 Å². The van der Waals surface area contributed by atoms with E-state index in [0.717, 1.165) is 0 Å². The Hall–Kier alpha value is -1.51. The molecule has 0 aliphatic heterocycles. The number of aliphatic hydroxyl groups is 1. The number of phenolic OH excluding ortho intramolecular Hbond substituents is 1. The van der Waals surface area contributed by atoms with Gasteiger partial charge in [0, 0.05) is 18.2 Å². The molecule has 0 saturated heterocycles. The Morgan fingerprint density at radius 1 is 1.30 bits per heavy atom. The predicted octanol–water partition coefficient (Wildman–Crippen LogP) is 1.28. The minimum Gasteiger partial charge on any atom is -0.506 e. The highest BCUT2D eigenvalue weighted by molar-refractivity contribution is 7.92. The monoisotopic (exact) mass is 346 g/mol. The van der Waals surface area contributed by atoms with Crippen LogP contribution in [-0.4, -0.2) is 49.2 Å². The molecule has 132 valence electrons. The minimum atomic E-state index is -3.49. The molecule has 0 aliphatic rings. The molecule has 0 bridgehead atoms. The molecule has 0 heterocycles. The van der Waals surface area contributed by atoms with Crippen molar-refractivity contribution in [3.05, 3.63) is 18.2 Å². The summed E-state index contributed by atoms with van der Waals surface area (Å²) < 4.78 is 30.8. The predicted molar refractivity (Wildman–Crippen MR) is 90.4 cm³/mol. The Balaban J connectivity index is 2.65. The molecule has 1 rings (SSSR count). The van der Waals surface area contributed by atoms with Gasteiger partial charge in [-0.1, -0.05) is 0 Å². The summed E-state index contributed by atoms with van der Waals surface area (Å²) in [6.07, 6.45) is -0.709. The van der Waals surface area contributed by atoms with Crippen molar-refractivity contribution in [2.24, 2.45) is 0 Å². The van der Waals surface area contributed by atoms with Gasteiger partial charge in [0.25, 0.3) is 0 Å². The van der Waals surface area contributed by atoms with Crippen LogP contribution in [0.2, 0.25) is 0 Å². The maximum atomic E-state index is 11.6. The summed E-state index contributed by atoms with van der Waals surface area (Å²) in [7, 11) is -3.49. The summed E-state index contributed by atoms with van der Waals surface area (Å²) in [5, 5.41) is 22.7. The summed E-state index contributed by atoms with van der Waals surface area (Å²) in [6, 6.07) is 4.22. The van der Waals surface area contributed by atoms with Crippen molar-refractivity contribution in [3.63, 3.8) is 0 Å². The van der Waals surface area contributed by atoms with Gasteiger partial charge in [0.2, 0.25) is 10.0 Å². The molecule has 8 heteroatoms. The third-order valence-corrected chi connectivity index (χ3v) is 4.21. The molecule has 0 aromatic heterocycles. The van der Waals surface area contributed by atoms with E-state index >= 15 is 0 Å². The summed E-state index contributed by atoms with van der Waals surface area (Å²) in [5.74, 6) is 0.0602. The number of β-amino-alcohol motifs (C(OH)–C–C–N with tert-alkyl or cyclic N) is 1. The van der Waals surface area contributed by atoms with Crippen molar-refractivity contribution in [1.82, 2.24) is 5.32 Å². The van der Waals surface area contributed by atoms with E-state index in [1.165, 1.54) is 25.1 Å². The maximum Gasteiger partial charge on any atom is 0.232 e. The molecular weight excluding hydrogens is 320 g/mol. The second-order valence-corrected chi connectivity index (χ2v) is 8.29. The van der Waals surface area contributed by atoms with Crippen LogP contribution in [0.4, 0.5) is 5.69 Å². The van der Waals surface area contributed by atoms with Gasteiger partial charge in [0.1, 0.15) is 24.2 Å². The molecule has 1 atom stereocenters. The summed E-state index contributed by atoms with van der Waals surface area (Å²) in [5.41, 5.74) is -0.0582. The highest BCUT2D eigenvalue weighted by Crippen LogP contribution is 2.28. The number of rotatable bonds is 8. The number of nitrogens with one attached hydrogen (secondary N) is 2. The van der Waals surface area contributed by atoms with E-state index < -0.39 is 16.1 Å². The molecule has 0 saturated carbocycles. The number of phenols is 1. The van der Waals surface area contributed by atoms with Crippen molar-refractivity contribution in [3.8, 4) is 11.5 Å². The van der Waals surface area contributed by atoms with Crippen molar-refractivity contribution in [2.75, 3.05) is 23.6 Å². The van der Waals surface area contributed by atoms with E-state index in [1.807, 2.05) is 20.8 Å². The lowest BCUT2D eigenvalue weighted by Crippen LogP contribution is -2.42. The Labute approximate surface area is 137 Å². The van der Waals surface area contributed by atoms with Crippen molar-refractivity contribution in [1.29, 1.82) is 0 Å². The SMILES string of the molecule is CCS(=O)(=O)Nc1cc(OCC(O)CNC(C)(C)C)ccc1O. The van der Waals surface area contributed by atoms with Crippen LogP contribution in [0.3, 0.4) is 0 Å². The first-order chi connectivity index (χ1) is 10.5. The molecule has 1 aromatic carbocycles. The summed E-state index contributed by atoms with van der Waals surface area (Å²) >= 11 is 0. The van der Waals surface area contributed by atoms with Gasteiger partial charge >= 0.3 is 0 Å². The number of ether oxygens (including phenoxy) is 1. The molecule has 0 radical (unpaired) electrons. The van der Waals surface area contributed by atoms with Crippen LogP contribution in [0.15, 0.2) is 18.2 Å². The Morgan fingerprint density at radius 2 is 1.96 bits per heavy atom. The highest BCUT2D eigenvalue weighted by Gasteiger charge is 2.14. The van der Waals surface area contributed by atoms with Crippen molar-refractivity contribution < 1.29 is 23.4 Å². The molecular formula is C15H26N2O5S. The van der Waals surface area contributed by atoms with Gasteiger partial charge in [-0.25, -0.2) is 8.42 Å². The fourth-order valence-corrected chi connectivity index (χ4v) is 2.24. The molecule has 0 fully saturated rings. The second-order valence-electron chi connectivity index (χ2n) is 6.28. The minimum absolute atomic E-state index is 0.0478. The largest absolute Gasteiger partial charge is 0.506 e. The van der Waals surface area contributed by atoms with Gasteiger partial charge in [0.15, 0.2) is 0 Å². The fourth-order valence-electron chi connectivity index (χ4n) is 1.60. The van der Waals surface area contributed by atoms with E-state index in [9.17, 15) is 18.6 Å². The van der Waals surface area contributed by atoms with Gasteiger partial charge < -0.3 is 20.3 Å². The van der Waals surface area contributed by atoms with E-state index in [0.29, 0.717) is 12.3 Å². The number of benzene rings is 1. The molecule has 0 spiro atoms. The Morgan fingerprint density at radius 3 is 2.52 bits per heavy atom. The third kappa shape index (κ3) is 7.54. The number of aliphatic hydroxyl groups excluding tert-OH is 1. The molecule has 0 aliphatic carbocycles. The molecule has 1 unspecified atom stereocenters. The Kier molecular flexibility index (Phi) is 6.67. The number of hydrogen-bond acceptors (Lipinski definition) is 6. The second kappa shape index (κ2) is 7.85. The van der Waals surface area contributed by atoms with Gasteiger partial charge in [-0.05, 0) is 39.8 Å². The van der Waals surface area contributed by atoms with Crippen LogP contribution in [0.5, 0.6) is 11.5 Å². The lowest BCUT2D eigenvalue weighted by molar-refractivity contribution is 0.100. The van der Waals surface area contributed by atoms with Crippen LogP contribution in [0.25, 0.3) is 0 Å². The first-order valence-electron chi connectivity index (χ1n) is 7.42. The lowest BCUT2D eigenvalue weighted by Gasteiger charge is -2.23.